The Morgan fingerprint density at radius 1 is 1.25 bits per heavy atom. The van der Waals surface area contributed by atoms with Gasteiger partial charge in [0.15, 0.2) is 0 Å². The molecule has 1 fully saturated rings. The van der Waals surface area contributed by atoms with E-state index in [2.05, 4.69) is 5.32 Å². The Hall–Kier alpha value is 2.54. The van der Waals surface area contributed by atoms with Crippen LogP contribution >= 0.6 is 7.82 Å². The molecule has 0 radical (unpaired) electrons. The molecule has 0 aromatic heterocycles. The SMILES string of the molecule is O=C(O)[C@@H]1CCCN1.O=P([O-])([O-])[O-].[Na+].[Na+].[Na+]. The van der Waals surface area contributed by atoms with Gasteiger partial charge in [-0.05, 0) is 19.4 Å². The van der Waals surface area contributed by atoms with Gasteiger partial charge in [0.1, 0.15) is 6.04 Å². The number of carboxylic acid groups (broad SMARTS) is 1. The number of phosphoric acid groups is 1. The summed E-state index contributed by atoms with van der Waals surface area (Å²) in [4.78, 5) is 35.8. The summed E-state index contributed by atoms with van der Waals surface area (Å²) < 4.78 is 8.55. The first-order valence-electron chi connectivity index (χ1n) is 3.50. The Morgan fingerprint density at radius 3 is 1.75 bits per heavy atom. The van der Waals surface area contributed by atoms with Gasteiger partial charge < -0.3 is 29.7 Å². The van der Waals surface area contributed by atoms with Gasteiger partial charge in [0.2, 0.25) is 0 Å². The molecule has 0 aromatic rings. The van der Waals surface area contributed by atoms with Gasteiger partial charge in [-0.2, -0.15) is 7.82 Å². The summed E-state index contributed by atoms with van der Waals surface area (Å²) in [5.74, 6) is -0.720. The monoisotopic (exact) mass is 279 g/mol. The largest absolute Gasteiger partial charge is 1.00 e. The fourth-order valence-electron chi connectivity index (χ4n) is 0.895. The molecule has 0 saturated carbocycles. The van der Waals surface area contributed by atoms with E-state index in [9.17, 15) is 4.79 Å². The Kier molecular flexibility index (Phi) is 23.5. The second-order valence-electron chi connectivity index (χ2n) is 2.43. The number of carboxylic acids is 1. The first-order valence-corrected chi connectivity index (χ1v) is 4.96. The molecule has 1 saturated heterocycles. The van der Waals surface area contributed by atoms with Crippen LogP contribution in [0.5, 0.6) is 0 Å². The van der Waals surface area contributed by atoms with E-state index in [1.807, 2.05) is 0 Å². The maximum atomic E-state index is 10.1. The molecule has 0 aliphatic carbocycles. The summed E-state index contributed by atoms with van der Waals surface area (Å²) in [7, 11) is -5.39. The van der Waals surface area contributed by atoms with Gasteiger partial charge in [0, 0.05) is 0 Å². The molecule has 0 bridgehead atoms. The summed E-state index contributed by atoms with van der Waals surface area (Å²) in [6, 6.07) is -0.269. The smallest absolute Gasteiger partial charge is 0.822 e. The van der Waals surface area contributed by atoms with Crippen LogP contribution in [0.15, 0.2) is 0 Å². The minimum Gasteiger partial charge on any atom is -0.822 e. The third-order valence-corrected chi connectivity index (χ3v) is 1.36. The predicted octanol–water partition coefficient (Wildman–Crippen LogP) is -12.0. The molecule has 0 unspecified atom stereocenters. The molecule has 1 atom stereocenters. The van der Waals surface area contributed by atoms with Gasteiger partial charge in [-0.3, -0.25) is 4.79 Å². The zero-order valence-electron chi connectivity index (χ0n) is 9.63. The number of aliphatic carboxylic acids is 1. The van der Waals surface area contributed by atoms with Crippen LogP contribution in [0.2, 0.25) is 0 Å². The van der Waals surface area contributed by atoms with E-state index in [0.717, 1.165) is 19.4 Å². The molecule has 78 valence electrons. The van der Waals surface area contributed by atoms with Crippen molar-refractivity contribution in [2.24, 2.45) is 0 Å². The standard InChI is InChI=1S/C5H9NO2.3Na.H3O4P/c7-5(8)4-2-1-3-6-4;;;;1-5(2,3)4/h4,6H,1-3H2,(H,7,8);;;;(H3,1,2,3,4)/q;3*+1;/p-3/t4-;;;;/m0..../s1. The summed E-state index contributed by atoms with van der Waals surface area (Å²) >= 11 is 0. The Bertz CT molecular complexity index is 210. The maximum Gasteiger partial charge on any atom is 1.00 e. The third-order valence-electron chi connectivity index (χ3n) is 1.36. The van der Waals surface area contributed by atoms with Crippen molar-refractivity contribution in [3.63, 3.8) is 0 Å². The van der Waals surface area contributed by atoms with Gasteiger partial charge in [-0.15, -0.1) is 0 Å². The van der Waals surface area contributed by atoms with Crippen LogP contribution in [0.1, 0.15) is 12.8 Å². The molecule has 11 heteroatoms. The van der Waals surface area contributed by atoms with Crippen molar-refractivity contribution in [1.82, 2.24) is 5.32 Å². The van der Waals surface area contributed by atoms with Gasteiger partial charge in [0.05, 0.1) is 0 Å². The van der Waals surface area contributed by atoms with Crippen molar-refractivity contribution in [2.75, 3.05) is 6.54 Å². The van der Waals surface area contributed by atoms with Crippen molar-refractivity contribution in [3.05, 3.63) is 0 Å². The minimum atomic E-state index is -5.39. The second-order valence-corrected chi connectivity index (χ2v) is 3.33. The van der Waals surface area contributed by atoms with Crippen molar-refractivity contribution in [1.29, 1.82) is 0 Å². The Labute approximate surface area is 160 Å². The molecule has 0 aromatic carbocycles. The molecule has 1 aliphatic rings. The van der Waals surface area contributed by atoms with E-state index in [-0.39, 0.29) is 94.7 Å². The van der Waals surface area contributed by atoms with E-state index < -0.39 is 13.8 Å². The zero-order chi connectivity index (χ0) is 10.5. The molecule has 2 N–H and O–H groups in total. The van der Waals surface area contributed by atoms with Crippen molar-refractivity contribution in [2.45, 2.75) is 18.9 Å². The normalized spacial score (nSPS) is 17.8. The second kappa shape index (κ2) is 14.0. The fraction of sp³-hybridized carbons (Fsp3) is 0.800. The molecule has 0 amide bonds. The number of hydrogen-bond donors (Lipinski definition) is 2. The molecule has 0 spiro atoms. The molecule has 16 heavy (non-hydrogen) atoms. The fourth-order valence-corrected chi connectivity index (χ4v) is 0.895. The quantitative estimate of drug-likeness (QED) is 0.359. The van der Waals surface area contributed by atoms with Crippen LogP contribution in [0.25, 0.3) is 0 Å². The van der Waals surface area contributed by atoms with E-state index in [4.69, 9.17) is 24.4 Å². The van der Waals surface area contributed by atoms with E-state index >= 15 is 0 Å². The summed E-state index contributed by atoms with van der Waals surface area (Å²) in [6.07, 6.45) is 1.78. The van der Waals surface area contributed by atoms with Crippen LogP contribution < -0.4 is 109 Å². The van der Waals surface area contributed by atoms with Gasteiger partial charge in [-0.1, -0.05) is 0 Å². The summed E-state index contributed by atoms with van der Waals surface area (Å²) in [6.45, 7) is 0.858. The summed E-state index contributed by atoms with van der Waals surface area (Å²) in [5, 5.41) is 11.2. The average Bonchev–Trinajstić information content (AvgIpc) is 2.31. The first kappa shape index (κ1) is 27.0. The number of carbonyl (C=O) groups is 1. The van der Waals surface area contributed by atoms with Gasteiger partial charge >= 0.3 is 94.6 Å². The van der Waals surface area contributed by atoms with Crippen LogP contribution in [0.4, 0.5) is 0 Å². The number of rotatable bonds is 1. The van der Waals surface area contributed by atoms with E-state index in [0.29, 0.717) is 0 Å². The van der Waals surface area contributed by atoms with Gasteiger partial charge in [0.25, 0.3) is 0 Å². The van der Waals surface area contributed by atoms with Gasteiger partial charge in [-0.25, -0.2) is 0 Å². The maximum absolute atomic E-state index is 10.1. The van der Waals surface area contributed by atoms with Crippen molar-refractivity contribution >= 4 is 13.8 Å². The average molecular weight is 279 g/mol. The third kappa shape index (κ3) is 21.8. The molecule has 1 rings (SSSR count). The predicted molar refractivity (Wildman–Crippen MR) is 36.3 cm³/mol. The van der Waals surface area contributed by atoms with Crippen LogP contribution in [0.3, 0.4) is 0 Å². The van der Waals surface area contributed by atoms with E-state index in [1.165, 1.54) is 0 Å². The zero-order valence-corrected chi connectivity index (χ0v) is 16.5. The van der Waals surface area contributed by atoms with Crippen LogP contribution in [0, 0.1) is 0 Å². The van der Waals surface area contributed by atoms with Crippen molar-refractivity contribution < 1.29 is 118 Å². The van der Waals surface area contributed by atoms with Crippen LogP contribution in [-0.4, -0.2) is 23.7 Å². The number of nitrogens with one attached hydrogen (secondary N) is 1. The molecule has 1 heterocycles. The molecule has 1 aliphatic heterocycles. The number of hydrogen-bond acceptors (Lipinski definition) is 6. The minimum absolute atomic E-state index is 0. The summed E-state index contributed by atoms with van der Waals surface area (Å²) in [5.41, 5.74) is 0. The van der Waals surface area contributed by atoms with E-state index in [1.54, 1.807) is 0 Å². The van der Waals surface area contributed by atoms with Crippen molar-refractivity contribution in [3.8, 4) is 0 Å². The molecular weight excluding hydrogens is 270 g/mol. The molecular formula is C5H9NNa3O6P. The topological polar surface area (TPSA) is 136 Å². The van der Waals surface area contributed by atoms with Crippen LogP contribution in [-0.2, 0) is 9.36 Å². The molecule has 7 nitrogen and oxygen atoms in total. The first-order chi connectivity index (χ1) is 5.80. The Morgan fingerprint density at radius 2 is 1.62 bits per heavy atom. The Balaban J connectivity index is -0.0000000818.